The molecule has 0 atom stereocenters. The van der Waals surface area contributed by atoms with Gasteiger partial charge in [-0.25, -0.2) is 0 Å². The number of ether oxygens (including phenoxy) is 1. The van der Waals surface area contributed by atoms with Crippen molar-refractivity contribution in [2.45, 2.75) is 58.3 Å². The Morgan fingerprint density at radius 2 is 1.33 bits per heavy atom. The van der Waals surface area contributed by atoms with Crippen LogP contribution in [-0.2, 0) is 4.74 Å². The lowest BCUT2D eigenvalue weighted by atomic mass is 9.67. The summed E-state index contributed by atoms with van der Waals surface area (Å²) in [7, 11) is 1.88. The van der Waals surface area contributed by atoms with E-state index in [-0.39, 0.29) is 0 Å². The molecule has 2 rings (SSSR count). The van der Waals surface area contributed by atoms with Crippen LogP contribution < -0.4 is 0 Å². The highest BCUT2D eigenvalue weighted by molar-refractivity contribution is 4.92. The molecule has 2 saturated carbocycles. The van der Waals surface area contributed by atoms with Crippen molar-refractivity contribution in [1.82, 2.24) is 0 Å². The van der Waals surface area contributed by atoms with Crippen molar-refractivity contribution >= 4 is 0 Å². The molecule has 1 nitrogen and oxygen atoms in total. The van der Waals surface area contributed by atoms with Gasteiger partial charge in [0.2, 0.25) is 0 Å². The molecule has 0 unspecified atom stereocenters. The smallest absolute Gasteiger partial charge is 0.0521 e. The van der Waals surface area contributed by atoms with E-state index in [2.05, 4.69) is 6.92 Å². The summed E-state index contributed by atoms with van der Waals surface area (Å²) in [5.74, 6) is 1.89. The molecule has 0 bridgehead atoms. The number of rotatable bonds is 4. The Bertz CT molecular complexity index is 172. The molecule has 88 valence electrons. The molecule has 0 aromatic rings. The summed E-state index contributed by atoms with van der Waals surface area (Å²) in [5, 5.41) is 0. The maximum absolute atomic E-state index is 5.53. The van der Waals surface area contributed by atoms with Crippen LogP contribution in [0.2, 0.25) is 0 Å². The normalized spacial score (nSPS) is 25.2. The zero-order valence-corrected chi connectivity index (χ0v) is 10.4. The third-order valence-electron chi connectivity index (χ3n) is 5.03. The summed E-state index contributed by atoms with van der Waals surface area (Å²) in [6.07, 6.45) is 11.6. The molecule has 1 heteroatoms. The van der Waals surface area contributed by atoms with E-state index in [9.17, 15) is 0 Å². The Kier molecular flexibility index (Phi) is 3.71. The van der Waals surface area contributed by atoms with Crippen LogP contribution in [-0.4, -0.2) is 13.7 Å². The van der Waals surface area contributed by atoms with E-state index in [1.54, 1.807) is 0 Å². The van der Waals surface area contributed by atoms with Crippen LogP contribution in [0.3, 0.4) is 0 Å². The van der Waals surface area contributed by atoms with Gasteiger partial charge >= 0.3 is 0 Å². The van der Waals surface area contributed by atoms with Crippen LogP contribution in [0, 0.1) is 17.3 Å². The first kappa shape index (κ1) is 11.4. The van der Waals surface area contributed by atoms with Gasteiger partial charge in [-0.2, -0.15) is 0 Å². The molecule has 0 aromatic carbocycles. The van der Waals surface area contributed by atoms with Crippen LogP contribution in [0.5, 0.6) is 0 Å². The fourth-order valence-corrected chi connectivity index (χ4v) is 4.05. The Balaban J connectivity index is 2.06. The lowest BCUT2D eigenvalue weighted by Crippen LogP contribution is -2.37. The van der Waals surface area contributed by atoms with Crippen molar-refractivity contribution in [3.63, 3.8) is 0 Å². The second-order valence-electron chi connectivity index (χ2n) is 5.90. The highest BCUT2D eigenvalue weighted by Crippen LogP contribution is 2.50. The van der Waals surface area contributed by atoms with Gasteiger partial charge in [-0.1, -0.05) is 32.6 Å². The minimum absolute atomic E-state index is 0.488. The SMILES string of the molecule is COCC(C)(C1CCCC1)C1CCCC1. The molecule has 0 aromatic heterocycles. The summed E-state index contributed by atoms with van der Waals surface area (Å²) < 4.78 is 5.53. The molecule has 0 saturated heterocycles. The van der Waals surface area contributed by atoms with Gasteiger partial charge in [-0.15, -0.1) is 0 Å². The second-order valence-corrected chi connectivity index (χ2v) is 5.90. The molecule has 0 heterocycles. The largest absolute Gasteiger partial charge is 0.384 e. The molecular weight excluding hydrogens is 184 g/mol. The quantitative estimate of drug-likeness (QED) is 0.681. The van der Waals surface area contributed by atoms with Crippen LogP contribution in [0.4, 0.5) is 0 Å². The number of hydrogen-bond donors (Lipinski definition) is 0. The molecule has 0 amide bonds. The predicted molar refractivity (Wildman–Crippen MR) is 63.9 cm³/mol. The van der Waals surface area contributed by atoms with Crippen molar-refractivity contribution in [3.8, 4) is 0 Å². The van der Waals surface area contributed by atoms with E-state index < -0.39 is 0 Å². The zero-order valence-electron chi connectivity index (χ0n) is 10.4. The standard InChI is InChI=1S/C14H26O/c1-14(11-15-2,12-7-3-4-8-12)13-9-5-6-10-13/h12-13H,3-11H2,1-2H3. The first-order valence-corrected chi connectivity index (χ1v) is 6.76. The third-order valence-corrected chi connectivity index (χ3v) is 5.03. The van der Waals surface area contributed by atoms with Crippen molar-refractivity contribution in [2.24, 2.45) is 17.3 Å². The first-order chi connectivity index (χ1) is 7.27. The predicted octanol–water partition coefficient (Wildman–Crippen LogP) is 4.02. The monoisotopic (exact) mass is 210 g/mol. The van der Waals surface area contributed by atoms with E-state index in [1.165, 1.54) is 51.4 Å². The van der Waals surface area contributed by atoms with Crippen LogP contribution in [0.1, 0.15) is 58.3 Å². The fraction of sp³-hybridized carbons (Fsp3) is 1.00. The van der Waals surface area contributed by atoms with E-state index in [0.29, 0.717) is 5.41 Å². The summed E-state index contributed by atoms with van der Waals surface area (Å²) in [5.41, 5.74) is 0.488. The molecule has 2 aliphatic rings. The average Bonchev–Trinajstić information content (AvgIpc) is 2.92. The Labute approximate surface area is 94.6 Å². The highest BCUT2D eigenvalue weighted by Gasteiger charge is 2.43. The molecule has 0 spiro atoms. The maximum atomic E-state index is 5.53. The highest BCUT2D eigenvalue weighted by atomic mass is 16.5. The van der Waals surface area contributed by atoms with Gasteiger partial charge in [0.1, 0.15) is 0 Å². The van der Waals surface area contributed by atoms with Crippen molar-refractivity contribution in [1.29, 1.82) is 0 Å². The minimum atomic E-state index is 0.488. The second kappa shape index (κ2) is 4.86. The Morgan fingerprint density at radius 3 is 1.67 bits per heavy atom. The van der Waals surface area contributed by atoms with Crippen molar-refractivity contribution in [2.75, 3.05) is 13.7 Å². The molecule has 15 heavy (non-hydrogen) atoms. The van der Waals surface area contributed by atoms with Gasteiger partial charge in [-0.3, -0.25) is 0 Å². The van der Waals surface area contributed by atoms with Gasteiger partial charge in [0, 0.05) is 7.11 Å². The molecule has 2 aliphatic carbocycles. The maximum Gasteiger partial charge on any atom is 0.0521 e. The zero-order chi connectivity index (χ0) is 10.7. The summed E-state index contributed by atoms with van der Waals surface area (Å²) in [6.45, 7) is 3.49. The summed E-state index contributed by atoms with van der Waals surface area (Å²) in [4.78, 5) is 0. The fourth-order valence-electron chi connectivity index (χ4n) is 4.05. The van der Waals surface area contributed by atoms with Crippen molar-refractivity contribution in [3.05, 3.63) is 0 Å². The lowest BCUT2D eigenvalue weighted by molar-refractivity contribution is 0.000168. The third kappa shape index (κ3) is 2.22. The summed E-state index contributed by atoms with van der Waals surface area (Å²) >= 11 is 0. The average molecular weight is 210 g/mol. The Morgan fingerprint density at radius 1 is 0.933 bits per heavy atom. The van der Waals surface area contributed by atoms with Crippen molar-refractivity contribution < 1.29 is 4.74 Å². The van der Waals surface area contributed by atoms with Gasteiger partial charge in [0.05, 0.1) is 6.61 Å². The van der Waals surface area contributed by atoms with Gasteiger partial charge in [0.25, 0.3) is 0 Å². The molecular formula is C14H26O. The molecule has 2 fully saturated rings. The van der Waals surface area contributed by atoms with E-state index >= 15 is 0 Å². The van der Waals surface area contributed by atoms with Crippen LogP contribution in [0.15, 0.2) is 0 Å². The van der Waals surface area contributed by atoms with Gasteiger partial charge in [0.15, 0.2) is 0 Å². The minimum Gasteiger partial charge on any atom is -0.384 e. The summed E-state index contributed by atoms with van der Waals surface area (Å²) in [6, 6.07) is 0. The molecule has 0 aliphatic heterocycles. The van der Waals surface area contributed by atoms with Gasteiger partial charge in [-0.05, 0) is 42.9 Å². The number of methoxy groups -OCH3 is 1. The van der Waals surface area contributed by atoms with E-state index in [4.69, 9.17) is 4.74 Å². The van der Waals surface area contributed by atoms with E-state index in [1.807, 2.05) is 7.11 Å². The van der Waals surface area contributed by atoms with Crippen LogP contribution >= 0.6 is 0 Å². The number of hydrogen-bond acceptors (Lipinski definition) is 1. The van der Waals surface area contributed by atoms with E-state index in [0.717, 1.165) is 18.4 Å². The molecule has 0 radical (unpaired) electrons. The first-order valence-electron chi connectivity index (χ1n) is 6.76. The lowest BCUT2D eigenvalue weighted by Gasteiger charge is -2.40. The topological polar surface area (TPSA) is 9.23 Å². The van der Waals surface area contributed by atoms with Gasteiger partial charge < -0.3 is 4.74 Å². The Hall–Kier alpha value is -0.0400. The van der Waals surface area contributed by atoms with Crippen LogP contribution in [0.25, 0.3) is 0 Å². The molecule has 0 N–H and O–H groups in total.